The van der Waals surface area contributed by atoms with Gasteiger partial charge in [-0.1, -0.05) is 42.5 Å². The Morgan fingerprint density at radius 1 is 1.00 bits per heavy atom. The lowest BCUT2D eigenvalue weighted by Crippen LogP contribution is -2.00. The average Bonchev–Trinajstić information content (AvgIpc) is 2.29. The molecule has 1 N–H and O–H groups in total. The normalized spacial score (nSPS) is 9.47. The Hall–Kier alpha value is -1.80. The van der Waals surface area contributed by atoms with E-state index in [9.17, 15) is 4.79 Å². The van der Waals surface area contributed by atoms with Crippen LogP contribution in [-0.2, 0) is 0 Å². The Morgan fingerprint density at radius 3 is 2.24 bits per heavy atom. The lowest BCUT2D eigenvalue weighted by Gasteiger charge is -2.09. The molecule has 0 bridgehead atoms. The molecule has 3 heteroatoms. The van der Waals surface area contributed by atoms with Crippen molar-refractivity contribution < 1.29 is 9.90 Å². The van der Waals surface area contributed by atoms with Gasteiger partial charge in [0, 0.05) is 0 Å². The minimum atomic E-state index is -0.887. The lowest BCUT2D eigenvalue weighted by atomic mass is 9.95. The SMILES string of the molecule is Cc1cccc(C(=O)O)c1-c1ccccc1.Cl. The van der Waals surface area contributed by atoms with Crippen molar-refractivity contribution >= 4 is 18.4 Å². The molecule has 0 spiro atoms. The van der Waals surface area contributed by atoms with Crippen LogP contribution in [0.3, 0.4) is 0 Å². The van der Waals surface area contributed by atoms with Crippen LogP contribution in [0.15, 0.2) is 48.5 Å². The molecule has 0 atom stereocenters. The molecule has 0 saturated carbocycles. The van der Waals surface area contributed by atoms with Gasteiger partial charge in [-0.15, -0.1) is 12.4 Å². The summed E-state index contributed by atoms with van der Waals surface area (Å²) >= 11 is 0. The number of benzene rings is 2. The summed E-state index contributed by atoms with van der Waals surface area (Å²) < 4.78 is 0. The summed E-state index contributed by atoms with van der Waals surface area (Å²) in [5, 5.41) is 9.15. The fourth-order valence-corrected chi connectivity index (χ4v) is 1.83. The summed E-state index contributed by atoms with van der Waals surface area (Å²) in [6.07, 6.45) is 0. The molecule has 17 heavy (non-hydrogen) atoms. The van der Waals surface area contributed by atoms with Crippen LogP contribution in [0, 0.1) is 6.92 Å². The average molecular weight is 249 g/mol. The van der Waals surface area contributed by atoms with Crippen LogP contribution in [-0.4, -0.2) is 11.1 Å². The van der Waals surface area contributed by atoms with E-state index in [2.05, 4.69) is 0 Å². The molecule has 0 aliphatic rings. The van der Waals surface area contributed by atoms with Gasteiger partial charge in [0.1, 0.15) is 0 Å². The first kappa shape index (κ1) is 13.3. The third kappa shape index (κ3) is 2.66. The standard InChI is InChI=1S/C14H12O2.ClH/c1-10-6-5-9-12(14(15)16)13(10)11-7-3-2-4-8-11;/h2-9H,1H3,(H,15,16);1H. The maximum Gasteiger partial charge on any atom is 0.336 e. The maximum absolute atomic E-state index is 11.1. The third-order valence-electron chi connectivity index (χ3n) is 2.57. The van der Waals surface area contributed by atoms with E-state index in [1.54, 1.807) is 12.1 Å². The van der Waals surface area contributed by atoms with E-state index < -0.39 is 5.97 Å². The molecule has 88 valence electrons. The van der Waals surface area contributed by atoms with Gasteiger partial charge in [0.15, 0.2) is 0 Å². The van der Waals surface area contributed by atoms with Crippen LogP contribution in [0.2, 0.25) is 0 Å². The number of aryl methyl sites for hydroxylation is 1. The second kappa shape index (κ2) is 5.51. The van der Waals surface area contributed by atoms with Crippen molar-refractivity contribution in [2.24, 2.45) is 0 Å². The predicted octanol–water partition coefficient (Wildman–Crippen LogP) is 3.78. The van der Waals surface area contributed by atoms with E-state index in [4.69, 9.17) is 5.11 Å². The van der Waals surface area contributed by atoms with Crippen LogP contribution in [0.1, 0.15) is 15.9 Å². The molecule has 0 aliphatic heterocycles. The first-order valence-electron chi connectivity index (χ1n) is 5.08. The Bertz CT molecular complexity index is 521. The molecule has 0 aromatic heterocycles. The fraction of sp³-hybridized carbons (Fsp3) is 0.0714. The van der Waals surface area contributed by atoms with Crippen molar-refractivity contribution in [3.05, 3.63) is 59.7 Å². The molecule has 2 nitrogen and oxygen atoms in total. The molecule has 0 radical (unpaired) electrons. The van der Waals surface area contributed by atoms with Gasteiger partial charge >= 0.3 is 5.97 Å². The highest BCUT2D eigenvalue weighted by molar-refractivity contribution is 5.96. The summed E-state index contributed by atoms with van der Waals surface area (Å²) in [4.78, 5) is 11.1. The van der Waals surface area contributed by atoms with E-state index in [-0.39, 0.29) is 12.4 Å². The Labute approximate surface area is 106 Å². The van der Waals surface area contributed by atoms with Crippen LogP contribution in [0.5, 0.6) is 0 Å². The van der Waals surface area contributed by atoms with E-state index in [0.717, 1.165) is 16.7 Å². The first-order valence-corrected chi connectivity index (χ1v) is 5.08. The molecule has 0 amide bonds. The van der Waals surface area contributed by atoms with Crippen molar-refractivity contribution in [3.8, 4) is 11.1 Å². The van der Waals surface area contributed by atoms with Crippen LogP contribution >= 0.6 is 12.4 Å². The third-order valence-corrected chi connectivity index (χ3v) is 2.57. The number of hydrogen-bond donors (Lipinski definition) is 1. The number of carbonyl (C=O) groups is 1. The number of rotatable bonds is 2. The largest absolute Gasteiger partial charge is 0.478 e. The number of carboxylic acid groups (broad SMARTS) is 1. The van der Waals surface area contributed by atoms with Crippen molar-refractivity contribution in [3.63, 3.8) is 0 Å². The van der Waals surface area contributed by atoms with E-state index in [1.807, 2.05) is 43.3 Å². The Balaban J connectivity index is 0.00000144. The zero-order chi connectivity index (χ0) is 11.5. The van der Waals surface area contributed by atoms with Gasteiger partial charge in [0.2, 0.25) is 0 Å². The monoisotopic (exact) mass is 248 g/mol. The zero-order valence-corrected chi connectivity index (χ0v) is 10.2. The van der Waals surface area contributed by atoms with Crippen molar-refractivity contribution in [1.29, 1.82) is 0 Å². The van der Waals surface area contributed by atoms with Crippen molar-refractivity contribution in [2.75, 3.05) is 0 Å². The van der Waals surface area contributed by atoms with Gasteiger partial charge in [0.05, 0.1) is 5.56 Å². The van der Waals surface area contributed by atoms with Crippen LogP contribution in [0.4, 0.5) is 0 Å². The highest BCUT2D eigenvalue weighted by atomic mass is 35.5. The number of carboxylic acids is 1. The number of hydrogen-bond acceptors (Lipinski definition) is 1. The number of aromatic carboxylic acids is 1. The second-order valence-electron chi connectivity index (χ2n) is 3.67. The molecule has 0 heterocycles. The lowest BCUT2D eigenvalue weighted by molar-refractivity contribution is 0.0697. The summed E-state index contributed by atoms with van der Waals surface area (Å²) in [6.45, 7) is 1.93. The van der Waals surface area contributed by atoms with Gasteiger partial charge in [-0.2, -0.15) is 0 Å². The minimum Gasteiger partial charge on any atom is -0.478 e. The smallest absolute Gasteiger partial charge is 0.336 e. The van der Waals surface area contributed by atoms with E-state index >= 15 is 0 Å². The van der Waals surface area contributed by atoms with E-state index in [0.29, 0.717) is 5.56 Å². The summed E-state index contributed by atoms with van der Waals surface area (Å²) in [5.41, 5.74) is 3.07. The fourth-order valence-electron chi connectivity index (χ4n) is 1.83. The van der Waals surface area contributed by atoms with Gasteiger partial charge in [-0.05, 0) is 29.7 Å². The maximum atomic E-state index is 11.1. The van der Waals surface area contributed by atoms with Gasteiger partial charge < -0.3 is 5.11 Å². The highest BCUT2D eigenvalue weighted by Crippen LogP contribution is 2.27. The quantitative estimate of drug-likeness (QED) is 0.878. The molecule has 0 fully saturated rings. The second-order valence-corrected chi connectivity index (χ2v) is 3.67. The van der Waals surface area contributed by atoms with Crippen molar-refractivity contribution in [2.45, 2.75) is 6.92 Å². The molecule has 0 unspecified atom stereocenters. The van der Waals surface area contributed by atoms with Crippen LogP contribution < -0.4 is 0 Å². The van der Waals surface area contributed by atoms with E-state index in [1.165, 1.54) is 0 Å². The van der Waals surface area contributed by atoms with Gasteiger partial charge in [-0.25, -0.2) is 4.79 Å². The predicted molar refractivity (Wildman–Crippen MR) is 70.8 cm³/mol. The topological polar surface area (TPSA) is 37.3 Å². The summed E-state index contributed by atoms with van der Waals surface area (Å²) in [7, 11) is 0. The van der Waals surface area contributed by atoms with Gasteiger partial charge in [0.25, 0.3) is 0 Å². The first-order chi connectivity index (χ1) is 7.70. The minimum absolute atomic E-state index is 0. The Kier molecular flexibility index (Phi) is 4.30. The summed E-state index contributed by atoms with van der Waals surface area (Å²) in [6, 6.07) is 14.9. The number of halogens is 1. The zero-order valence-electron chi connectivity index (χ0n) is 9.38. The molecule has 2 rings (SSSR count). The molecular formula is C14H13ClO2. The summed E-state index contributed by atoms with van der Waals surface area (Å²) in [5.74, 6) is -0.887. The van der Waals surface area contributed by atoms with Crippen LogP contribution in [0.25, 0.3) is 11.1 Å². The van der Waals surface area contributed by atoms with Gasteiger partial charge in [-0.3, -0.25) is 0 Å². The molecule has 2 aromatic rings. The molecule has 0 aliphatic carbocycles. The van der Waals surface area contributed by atoms with Crippen molar-refractivity contribution in [1.82, 2.24) is 0 Å². The molecule has 2 aromatic carbocycles. The Morgan fingerprint density at radius 2 is 1.65 bits per heavy atom. The molecular weight excluding hydrogens is 236 g/mol. The highest BCUT2D eigenvalue weighted by Gasteiger charge is 2.12. The molecule has 0 saturated heterocycles.